The maximum atomic E-state index is 12.5. The molecular weight excluding hydrogens is 425 g/mol. The first-order chi connectivity index (χ1) is 13.3. The van der Waals surface area contributed by atoms with E-state index in [9.17, 15) is 14.9 Å². The standard InChI is InChI=1S/C17H13Cl2N5O3S/c1-9-11(3-2-4-14(9)24(26)27)16(25)20-8-15-21-22-17(28)23(15)10-5-6-12(18)13(19)7-10/h2-7H,8H2,1H3,(H,20,25)(H,22,28). The Bertz CT molecular complexity index is 1140. The molecule has 0 aliphatic carbocycles. The predicted octanol–water partition coefficient (Wildman–Crippen LogP) is 4.38. The summed E-state index contributed by atoms with van der Waals surface area (Å²) >= 11 is 17.3. The van der Waals surface area contributed by atoms with Crippen LogP contribution in [-0.4, -0.2) is 25.6 Å². The normalized spacial score (nSPS) is 10.7. The highest BCUT2D eigenvalue weighted by Gasteiger charge is 2.18. The molecule has 0 aliphatic rings. The fourth-order valence-electron chi connectivity index (χ4n) is 2.66. The van der Waals surface area contributed by atoms with Gasteiger partial charge in [-0.05, 0) is 43.4 Å². The highest BCUT2D eigenvalue weighted by molar-refractivity contribution is 7.71. The van der Waals surface area contributed by atoms with Crippen molar-refractivity contribution in [1.29, 1.82) is 0 Å². The van der Waals surface area contributed by atoms with Crippen molar-refractivity contribution in [3.05, 3.63) is 78.3 Å². The van der Waals surface area contributed by atoms with Crippen molar-refractivity contribution in [2.75, 3.05) is 0 Å². The van der Waals surface area contributed by atoms with E-state index >= 15 is 0 Å². The van der Waals surface area contributed by atoms with Gasteiger partial charge in [0.1, 0.15) is 0 Å². The van der Waals surface area contributed by atoms with Crippen LogP contribution in [0, 0.1) is 21.8 Å². The molecule has 8 nitrogen and oxygen atoms in total. The monoisotopic (exact) mass is 437 g/mol. The summed E-state index contributed by atoms with van der Waals surface area (Å²) in [6.07, 6.45) is 0. The topological polar surface area (TPSA) is 106 Å². The van der Waals surface area contributed by atoms with Crippen LogP contribution in [0.2, 0.25) is 10.0 Å². The van der Waals surface area contributed by atoms with Gasteiger partial charge in [0.25, 0.3) is 11.6 Å². The number of rotatable bonds is 5. The minimum atomic E-state index is -0.526. The lowest BCUT2D eigenvalue weighted by Gasteiger charge is -2.10. The first-order valence-corrected chi connectivity index (χ1v) is 9.10. The van der Waals surface area contributed by atoms with E-state index in [4.69, 9.17) is 35.4 Å². The van der Waals surface area contributed by atoms with Crippen LogP contribution in [0.1, 0.15) is 21.7 Å². The summed E-state index contributed by atoms with van der Waals surface area (Å²) in [6, 6.07) is 9.31. The number of nitro benzene ring substituents is 1. The second-order valence-electron chi connectivity index (χ2n) is 5.77. The molecule has 1 amide bonds. The Morgan fingerprint density at radius 2 is 2.07 bits per heavy atom. The molecule has 0 aliphatic heterocycles. The molecule has 11 heteroatoms. The van der Waals surface area contributed by atoms with Gasteiger partial charge in [0.2, 0.25) is 0 Å². The smallest absolute Gasteiger partial charge is 0.273 e. The highest BCUT2D eigenvalue weighted by Crippen LogP contribution is 2.25. The molecular formula is C17H13Cl2N5O3S. The molecule has 28 heavy (non-hydrogen) atoms. The molecule has 0 radical (unpaired) electrons. The Labute approximate surface area is 174 Å². The van der Waals surface area contributed by atoms with Crippen LogP contribution in [0.15, 0.2) is 36.4 Å². The number of carbonyl (C=O) groups is 1. The van der Waals surface area contributed by atoms with Gasteiger partial charge in [-0.3, -0.25) is 24.6 Å². The summed E-state index contributed by atoms with van der Waals surface area (Å²) in [7, 11) is 0. The minimum absolute atomic E-state index is 0.0361. The largest absolute Gasteiger partial charge is 0.345 e. The van der Waals surface area contributed by atoms with Crippen LogP contribution >= 0.6 is 35.4 Å². The zero-order valence-corrected chi connectivity index (χ0v) is 16.7. The maximum absolute atomic E-state index is 12.5. The van der Waals surface area contributed by atoms with Crippen molar-refractivity contribution in [2.24, 2.45) is 0 Å². The van der Waals surface area contributed by atoms with Gasteiger partial charge in [0.05, 0.1) is 27.2 Å². The lowest BCUT2D eigenvalue weighted by Crippen LogP contribution is -2.25. The number of aromatic nitrogens is 3. The van der Waals surface area contributed by atoms with Crippen molar-refractivity contribution in [1.82, 2.24) is 20.1 Å². The fourth-order valence-corrected chi connectivity index (χ4v) is 3.21. The van der Waals surface area contributed by atoms with Crippen molar-refractivity contribution in [2.45, 2.75) is 13.5 Å². The fraction of sp³-hybridized carbons (Fsp3) is 0.118. The molecule has 0 fully saturated rings. The van der Waals surface area contributed by atoms with Crippen molar-refractivity contribution < 1.29 is 9.72 Å². The summed E-state index contributed by atoms with van der Waals surface area (Å²) in [4.78, 5) is 23.1. The van der Waals surface area contributed by atoms with E-state index in [0.717, 1.165) is 0 Å². The van der Waals surface area contributed by atoms with E-state index < -0.39 is 10.8 Å². The lowest BCUT2D eigenvalue weighted by molar-refractivity contribution is -0.385. The molecule has 2 aromatic carbocycles. The number of benzene rings is 2. The number of amides is 1. The molecule has 144 valence electrons. The van der Waals surface area contributed by atoms with E-state index in [-0.39, 0.29) is 23.4 Å². The van der Waals surface area contributed by atoms with Gasteiger partial charge in [-0.2, -0.15) is 5.10 Å². The van der Waals surface area contributed by atoms with Crippen molar-refractivity contribution >= 4 is 47.0 Å². The predicted molar refractivity (Wildman–Crippen MR) is 108 cm³/mol. The molecule has 1 heterocycles. The van der Waals surface area contributed by atoms with E-state index in [1.807, 2.05) is 0 Å². The average molecular weight is 438 g/mol. The third-order valence-electron chi connectivity index (χ3n) is 4.06. The summed E-state index contributed by atoms with van der Waals surface area (Å²) < 4.78 is 1.92. The molecule has 0 bridgehead atoms. The maximum Gasteiger partial charge on any atom is 0.273 e. The summed E-state index contributed by atoms with van der Waals surface area (Å²) in [5.41, 5.74) is 1.01. The zero-order valence-electron chi connectivity index (χ0n) is 14.4. The summed E-state index contributed by atoms with van der Waals surface area (Å²) in [6.45, 7) is 1.56. The molecule has 0 atom stereocenters. The van der Waals surface area contributed by atoms with Crippen molar-refractivity contribution in [3.8, 4) is 5.69 Å². The van der Waals surface area contributed by atoms with Crippen molar-refractivity contribution in [3.63, 3.8) is 0 Å². The van der Waals surface area contributed by atoms with Gasteiger partial charge < -0.3 is 5.32 Å². The molecule has 2 N–H and O–H groups in total. The van der Waals surface area contributed by atoms with Crippen LogP contribution in [0.5, 0.6) is 0 Å². The molecule has 3 aromatic rings. The third-order valence-corrected chi connectivity index (χ3v) is 5.07. The van der Waals surface area contributed by atoms with E-state index in [1.54, 1.807) is 22.8 Å². The van der Waals surface area contributed by atoms with Crippen LogP contribution < -0.4 is 5.32 Å². The summed E-state index contributed by atoms with van der Waals surface area (Å²) in [5.74, 6) is -0.0318. The number of nitrogens with one attached hydrogen (secondary N) is 2. The second-order valence-corrected chi connectivity index (χ2v) is 6.97. The van der Waals surface area contributed by atoms with E-state index in [0.29, 0.717) is 26.3 Å². The van der Waals surface area contributed by atoms with Gasteiger partial charge in [-0.15, -0.1) is 0 Å². The Hall–Kier alpha value is -2.75. The van der Waals surface area contributed by atoms with Gasteiger partial charge in [-0.25, -0.2) is 0 Å². The van der Waals surface area contributed by atoms with Crippen LogP contribution in [0.25, 0.3) is 5.69 Å². The first kappa shape index (κ1) is 20.0. The molecule has 1 aromatic heterocycles. The van der Waals surface area contributed by atoms with Gasteiger partial charge >= 0.3 is 0 Å². The van der Waals surface area contributed by atoms with E-state index in [1.165, 1.54) is 25.1 Å². The number of hydrogen-bond acceptors (Lipinski definition) is 5. The Kier molecular flexibility index (Phi) is 5.78. The molecule has 0 saturated carbocycles. The number of carbonyl (C=O) groups excluding carboxylic acids is 1. The Morgan fingerprint density at radius 3 is 2.75 bits per heavy atom. The number of aromatic amines is 1. The SMILES string of the molecule is Cc1c(C(=O)NCc2n[nH]c(=S)n2-c2ccc(Cl)c(Cl)c2)cccc1[N+](=O)[O-]. The zero-order chi connectivity index (χ0) is 20.4. The number of nitro groups is 1. The average Bonchev–Trinajstić information content (AvgIpc) is 3.02. The number of H-pyrrole nitrogens is 1. The Balaban J connectivity index is 1.86. The minimum Gasteiger partial charge on any atom is -0.345 e. The quantitative estimate of drug-likeness (QED) is 0.349. The third kappa shape index (κ3) is 3.91. The highest BCUT2D eigenvalue weighted by atomic mass is 35.5. The lowest BCUT2D eigenvalue weighted by atomic mass is 10.1. The van der Waals surface area contributed by atoms with Gasteiger partial charge in [-0.1, -0.05) is 29.3 Å². The van der Waals surface area contributed by atoms with Gasteiger partial charge in [0.15, 0.2) is 10.6 Å². The number of hydrogen-bond donors (Lipinski definition) is 2. The molecule has 0 unspecified atom stereocenters. The molecule has 0 saturated heterocycles. The second kappa shape index (κ2) is 8.09. The van der Waals surface area contributed by atoms with Crippen LogP contribution in [0.3, 0.4) is 0 Å². The van der Waals surface area contributed by atoms with E-state index in [2.05, 4.69) is 15.5 Å². The van der Waals surface area contributed by atoms with Crippen LogP contribution in [-0.2, 0) is 6.54 Å². The number of nitrogens with zero attached hydrogens (tertiary/aromatic N) is 3. The summed E-state index contributed by atoms with van der Waals surface area (Å²) in [5, 5.41) is 21.3. The van der Waals surface area contributed by atoms with Crippen LogP contribution in [0.4, 0.5) is 5.69 Å². The Morgan fingerprint density at radius 1 is 1.32 bits per heavy atom. The number of halogens is 2. The first-order valence-electron chi connectivity index (χ1n) is 7.93. The molecule has 3 rings (SSSR count). The molecule has 0 spiro atoms. The van der Waals surface area contributed by atoms with Gasteiger partial charge in [0, 0.05) is 17.2 Å².